The summed E-state index contributed by atoms with van der Waals surface area (Å²) in [5.41, 5.74) is -0.885. The molecule has 0 saturated carbocycles. The molecule has 150 valence electrons. The van der Waals surface area contributed by atoms with Crippen molar-refractivity contribution < 1.29 is 31.7 Å². The van der Waals surface area contributed by atoms with E-state index in [4.69, 9.17) is 4.74 Å². The number of sulfonamides is 1. The molecule has 0 fully saturated rings. The lowest BCUT2D eigenvalue weighted by atomic mass is 10.1. The number of nitro groups is 1. The molecule has 0 aliphatic carbocycles. The fraction of sp³-hybridized carbons (Fsp3) is 0.235. The molecule has 2 aromatic rings. The van der Waals surface area contributed by atoms with Crippen LogP contribution in [0, 0.1) is 21.7 Å². The number of esters is 1. The van der Waals surface area contributed by atoms with E-state index < -0.39 is 49.2 Å². The molecule has 0 aliphatic rings. The Bertz CT molecular complexity index is 1010. The van der Waals surface area contributed by atoms with Crippen molar-refractivity contribution in [2.24, 2.45) is 0 Å². The summed E-state index contributed by atoms with van der Waals surface area (Å²) < 4.78 is 58.3. The number of carbonyl (C=O) groups excluding carboxylic acids is 1. The molecule has 0 radical (unpaired) electrons. The lowest BCUT2D eigenvalue weighted by molar-refractivity contribution is -0.387. The monoisotopic (exact) mass is 414 g/mol. The second-order valence-electron chi connectivity index (χ2n) is 5.57. The molecule has 0 spiro atoms. The number of likely N-dealkylation sites (N-methyl/N-ethyl adjacent to an activating group) is 1. The van der Waals surface area contributed by atoms with Crippen LogP contribution in [0.15, 0.2) is 47.4 Å². The first kappa shape index (κ1) is 21.4. The molecule has 0 N–H and O–H groups in total. The van der Waals surface area contributed by atoms with E-state index in [1.165, 1.54) is 19.1 Å². The van der Waals surface area contributed by atoms with Gasteiger partial charge in [-0.1, -0.05) is 18.2 Å². The summed E-state index contributed by atoms with van der Waals surface area (Å²) in [6.07, 6.45) is 0. The van der Waals surface area contributed by atoms with Gasteiger partial charge in [0.05, 0.1) is 11.5 Å². The normalized spacial score (nSPS) is 12.6. The highest BCUT2D eigenvalue weighted by molar-refractivity contribution is 7.89. The number of hydrogen-bond acceptors (Lipinski definition) is 6. The fourth-order valence-corrected chi connectivity index (χ4v) is 3.97. The number of nitro benzene ring substituents is 1. The molecule has 1 unspecified atom stereocenters. The molecular formula is C17H16F2N2O6S. The molecule has 2 aromatic carbocycles. The summed E-state index contributed by atoms with van der Waals surface area (Å²) in [6, 6.07) is 5.34. The smallest absolute Gasteiger partial charge is 0.329 e. The van der Waals surface area contributed by atoms with Crippen molar-refractivity contribution in [3.8, 4) is 0 Å². The van der Waals surface area contributed by atoms with Crippen LogP contribution in [0.1, 0.15) is 18.5 Å². The molecule has 0 aromatic heterocycles. The summed E-state index contributed by atoms with van der Waals surface area (Å²) in [6.45, 7) is 1.38. The average molecular weight is 414 g/mol. The van der Waals surface area contributed by atoms with Crippen LogP contribution in [0.3, 0.4) is 0 Å². The highest BCUT2D eigenvalue weighted by Crippen LogP contribution is 2.32. The molecule has 1 atom stereocenters. The molecule has 0 amide bonds. The lowest BCUT2D eigenvalue weighted by Crippen LogP contribution is -2.37. The summed E-state index contributed by atoms with van der Waals surface area (Å²) >= 11 is 0. The van der Waals surface area contributed by atoms with Gasteiger partial charge in [-0.2, -0.15) is 4.31 Å². The minimum Gasteiger partial charge on any atom is -0.465 e. The van der Waals surface area contributed by atoms with Crippen molar-refractivity contribution in [1.82, 2.24) is 4.31 Å². The molecule has 0 saturated heterocycles. The van der Waals surface area contributed by atoms with E-state index in [2.05, 4.69) is 0 Å². The van der Waals surface area contributed by atoms with Crippen molar-refractivity contribution >= 4 is 21.7 Å². The van der Waals surface area contributed by atoms with E-state index in [0.29, 0.717) is 10.4 Å². The molecule has 0 bridgehead atoms. The Labute approximate surface area is 159 Å². The van der Waals surface area contributed by atoms with Crippen molar-refractivity contribution in [2.75, 3.05) is 13.7 Å². The first-order valence-corrected chi connectivity index (χ1v) is 9.38. The highest BCUT2D eigenvalue weighted by atomic mass is 32.2. The zero-order chi connectivity index (χ0) is 21.1. The van der Waals surface area contributed by atoms with Crippen LogP contribution >= 0.6 is 0 Å². The van der Waals surface area contributed by atoms with Crippen LogP contribution in [0.4, 0.5) is 14.5 Å². The molecular weight excluding hydrogens is 398 g/mol. The van der Waals surface area contributed by atoms with Gasteiger partial charge in [0.2, 0.25) is 0 Å². The Kier molecular flexibility index (Phi) is 6.41. The summed E-state index contributed by atoms with van der Waals surface area (Å²) in [5.74, 6) is -3.52. The largest absolute Gasteiger partial charge is 0.465 e. The van der Waals surface area contributed by atoms with Crippen LogP contribution in [0.5, 0.6) is 0 Å². The Hall–Kier alpha value is -2.92. The van der Waals surface area contributed by atoms with Gasteiger partial charge in [0.25, 0.3) is 15.7 Å². The second kappa shape index (κ2) is 8.40. The van der Waals surface area contributed by atoms with E-state index in [9.17, 15) is 32.1 Å². The fourth-order valence-electron chi connectivity index (χ4n) is 2.52. The van der Waals surface area contributed by atoms with E-state index in [0.717, 1.165) is 31.3 Å². The third-order valence-corrected chi connectivity index (χ3v) is 5.72. The number of rotatable bonds is 7. The van der Waals surface area contributed by atoms with Gasteiger partial charge in [0, 0.05) is 13.1 Å². The third-order valence-electron chi connectivity index (χ3n) is 3.85. The standard InChI is InChI=1S/C17H16F2N2O6S/c1-3-27-17(22)16(11-8-9-12(18)13(19)10-11)20(2)28(25,26)15-7-5-4-6-14(15)21(23)24/h4-10,16H,3H2,1-2H3. The number of ether oxygens (including phenoxy) is 1. The quantitative estimate of drug-likeness (QED) is 0.392. The van der Waals surface area contributed by atoms with Gasteiger partial charge in [-0.3, -0.25) is 10.1 Å². The SMILES string of the molecule is CCOC(=O)C(c1ccc(F)c(F)c1)N(C)S(=O)(=O)c1ccccc1[N+](=O)[O-]. The van der Waals surface area contributed by atoms with Crippen molar-refractivity contribution in [3.63, 3.8) is 0 Å². The van der Waals surface area contributed by atoms with Crippen LogP contribution < -0.4 is 0 Å². The van der Waals surface area contributed by atoms with Gasteiger partial charge < -0.3 is 4.74 Å². The second-order valence-corrected chi connectivity index (χ2v) is 7.54. The number of halogens is 2. The minimum atomic E-state index is -4.57. The maximum Gasteiger partial charge on any atom is 0.329 e. The molecule has 0 aliphatic heterocycles. The molecule has 0 heterocycles. The van der Waals surface area contributed by atoms with Crippen molar-refractivity contribution in [3.05, 3.63) is 69.8 Å². The van der Waals surface area contributed by atoms with E-state index in [-0.39, 0.29) is 12.2 Å². The number of nitrogens with zero attached hydrogens (tertiary/aromatic N) is 2. The van der Waals surface area contributed by atoms with Crippen LogP contribution in [-0.2, 0) is 19.6 Å². The highest BCUT2D eigenvalue weighted by Gasteiger charge is 2.38. The molecule has 28 heavy (non-hydrogen) atoms. The van der Waals surface area contributed by atoms with Crippen LogP contribution in [0.2, 0.25) is 0 Å². The summed E-state index contributed by atoms with van der Waals surface area (Å²) in [4.78, 5) is 22.1. The predicted molar refractivity (Wildman–Crippen MR) is 93.8 cm³/mol. The van der Waals surface area contributed by atoms with E-state index in [1.54, 1.807) is 0 Å². The van der Waals surface area contributed by atoms with Crippen molar-refractivity contribution in [2.45, 2.75) is 17.9 Å². The van der Waals surface area contributed by atoms with Crippen molar-refractivity contribution in [1.29, 1.82) is 0 Å². The average Bonchev–Trinajstić information content (AvgIpc) is 2.65. The van der Waals surface area contributed by atoms with Gasteiger partial charge in [-0.05, 0) is 30.7 Å². The van der Waals surface area contributed by atoms with Gasteiger partial charge in [0.15, 0.2) is 16.5 Å². The summed E-state index contributed by atoms with van der Waals surface area (Å²) in [7, 11) is -3.58. The summed E-state index contributed by atoms with van der Waals surface area (Å²) in [5, 5.41) is 11.2. The van der Waals surface area contributed by atoms with Gasteiger partial charge in [-0.25, -0.2) is 22.0 Å². The first-order chi connectivity index (χ1) is 13.1. The molecule has 8 nitrogen and oxygen atoms in total. The predicted octanol–water partition coefficient (Wildman–Crippen LogP) is 2.80. The van der Waals surface area contributed by atoms with E-state index >= 15 is 0 Å². The third kappa shape index (κ3) is 4.15. The molecule has 2 rings (SSSR count). The number of benzene rings is 2. The Morgan fingerprint density at radius 2 is 1.86 bits per heavy atom. The topological polar surface area (TPSA) is 107 Å². The Morgan fingerprint density at radius 3 is 2.43 bits per heavy atom. The van der Waals surface area contributed by atoms with Crippen LogP contribution in [0.25, 0.3) is 0 Å². The maximum absolute atomic E-state index is 13.7. The first-order valence-electron chi connectivity index (χ1n) is 7.94. The lowest BCUT2D eigenvalue weighted by Gasteiger charge is -2.26. The molecule has 11 heteroatoms. The van der Waals surface area contributed by atoms with Gasteiger partial charge >= 0.3 is 5.97 Å². The zero-order valence-corrected chi connectivity index (χ0v) is 15.7. The minimum absolute atomic E-state index is 0.0988. The van der Waals surface area contributed by atoms with Gasteiger partial charge in [0.1, 0.15) is 6.04 Å². The van der Waals surface area contributed by atoms with Crippen LogP contribution in [-0.4, -0.2) is 37.3 Å². The van der Waals surface area contributed by atoms with Gasteiger partial charge in [-0.15, -0.1) is 0 Å². The number of para-hydroxylation sites is 1. The van der Waals surface area contributed by atoms with E-state index in [1.807, 2.05) is 0 Å². The number of carbonyl (C=O) groups is 1. The Morgan fingerprint density at radius 1 is 1.21 bits per heavy atom. The number of hydrogen-bond donors (Lipinski definition) is 0. The zero-order valence-electron chi connectivity index (χ0n) is 14.8. The Balaban J connectivity index is 2.61. The maximum atomic E-state index is 13.7.